The van der Waals surface area contributed by atoms with Crippen molar-refractivity contribution in [3.63, 3.8) is 0 Å². The summed E-state index contributed by atoms with van der Waals surface area (Å²) in [5.41, 5.74) is -0.422. The molecule has 0 aromatic heterocycles. The third-order valence-electron chi connectivity index (χ3n) is 1.57. The number of rotatable bonds is 5. The van der Waals surface area contributed by atoms with E-state index in [4.69, 9.17) is 4.74 Å². The van der Waals surface area contributed by atoms with Gasteiger partial charge in [0.15, 0.2) is 0 Å². The summed E-state index contributed by atoms with van der Waals surface area (Å²) in [6, 6.07) is 0. The minimum Gasteiger partial charge on any atom is -0.369 e. The summed E-state index contributed by atoms with van der Waals surface area (Å²) >= 11 is 0. The van der Waals surface area contributed by atoms with Crippen molar-refractivity contribution < 1.29 is 13.5 Å². The lowest BCUT2D eigenvalue weighted by atomic mass is 10.0. The second-order valence-corrected chi connectivity index (χ2v) is 3.87. The third-order valence-corrected chi connectivity index (χ3v) is 1.57. The van der Waals surface area contributed by atoms with E-state index in [1.807, 2.05) is 20.8 Å². The van der Waals surface area contributed by atoms with Crippen molar-refractivity contribution in [2.45, 2.75) is 52.1 Å². The van der Waals surface area contributed by atoms with Gasteiger partial charge < -0.3 is 4.74 Å². The fourth-order valence-electron chi connectivity index (χ4n) is 0.996. The molecule has 0 aliphatic heterocycles. The van der Waals surface area contributed by atoms with Crippen LogP contribution in [0.2, 0.25) is 0 Å². The Bertz CT molecular complexity index is 127. The van der Waals surface area contributed by atoms with E-state index in [9.17, 15) is 8.78 Å². The Morgan fingerprint density at radius 2 is 1.67 bits per heavy atom. The summed E-state index contributed by atoms with van der Waals surface area (Å²) in [7, 11) is 0. The molecule has 0 fully saturated rings. The van der Waals surface area contributed by atoms with Crippen LogP contribution in [0.25, 0.3) is 0 Å². The van der Waals surface area contributed by atoms with Gasteiger partial charge >= 0.3 is 0 Å². The molecule has 0 radical (unpaired) electrons. The largest absolute Gasteiger partial charge is 0.369 e. The summed E-state index contributed by atoms with van der Waals surface area (Å²) in [6.45, 7) is 6.06. The molecule has 0 aliphatic carbocycles. The minimum atomic E-state index is -2.72. The van der Waals surface area contributed by atoms with Crippen LogP contribution in [0.5, 0.6) is 0 Å². The van der Waals surface area contributed by atoms with Crippen LogP contribution in [-0.2, 0) is 4.74 Å². The molecule has 0 atom stereocenters. The van der Waals surface area contributed by atoms with Gasteiger partial charge in [0.05, 0.1) is 5.60 Å². The summed E-state index contributed by atoms with van der Waals surface area (Å²) in [4.78, 5) is 0. The first-order valence-corrected chi connectivity index (χ1v) is 4.28. The molecule has 1 nitrogen and oxygen atoms in total. The fourth-order valence-corrected chi connectivity index (χ4v) is 0.996. The van der Waals surface area contributed by atoms with Gasteiger partial charge in [-0.1, -0.05) is 13.3 Å². The molecule has 0 aromatic carbocycles. The number of hydrogen-bond donors (Lipinski definition) is 0. The molecule has 0 saturated carbocycles. The van der Waals surface area contributed by atoms with Gasteiger partial charge in [0.1, 0.15) is 6.61 Å². The zero-order chi connectivity index (χ0) is 9.83. The van der Waals surface area contributed by atoms with Crippen LogP contribution >= 0.6 is 0 Å². The predicted molar refractivity (Wildman–Crippen MR) is 45.6 cm³/mol. The van der Waals surface area contributed by atoms with E-state index in [-0.39, 0.29) is 0 Å². The summed E-state index contributed by atoms with van der Waals surface area (Å²) < 4.78 is 29.8. The van der Waals surface area contributed by atoms with Crippen LogP contribution in [0.3, 0.4) is 0 Å². The molecule has 0 rings (SSSR count). The average Bonchev–Trinajstić information content (AvgIpc) is 1.83. The third kappa shape index (κ3) is 6.53. The second-order valence-electron chi connectivity index (χ2n) is 3.87. The van der Waals surface area contributed by atoms with Crippen LogP contribution in [-0.4, -0.2) is 18.1 Å². The maximum Gasteiger partial charge on any atom is 0.268 e. The van der Waals surface area contributed by atoms with Crippen molar-refractivity contribution in [1.29, 1.82) is 0 Å². The van der Waals surface area contributed by atoms with Crippen molar-refractivity contribution in [2.75, 3.05) is 6.61 Å². The molecule has 3 heteroatoms. The van der Waals surface area contributed by atoms with E-state index in [0.29, 0.717) is 0 Å². The lowest BCUT2D eigenvalue weighted by molar-refractivity contribution is -0.120. The summed E-state index contributed by atoms with van der Waals surface area (Å²) in [5.74, 6) is -2.72. The van der Waals surface area contributed by atoms with Gasteiger partial charge in [-0.05, 0) is 20.3 Å². The summed E-state index contributed by atoms with van der Waals surface area (Å²) in [6.07, 6.45) is 1.76. The number of alkyl halides is 2. The Hall–Kier alpha value is -0.180. The Balaban J connectivity index is 3.75. The minimum absolute atomic E-state index is 0.422. The number of ether oxygens (including phenoxy) is 1. The molecule has 0 aromatic rings. The van der Waals surface area contributed by atoms with Gasteiger partial charge in [0.25, 0.3) is 5.92 Å². The highest BCUT2D eigenvalue weighted by Gasteiger charge is 2.26. The SMILES string of the molecule is CCCC(C)(C)OCC(C)(F)F. The van der Waals surface area contributed by atoms with E-state index < -0.39 is 18.1 Å². The maximum atomic E-state index is 12.4. The average molecular weight is 180 g/mol. The first kappa shape index (κ1) is 11.8. The van der Waals surface area contributed by atoms with Crippen molar-refractivity contribution >= 4 is 0 Å². The van der Waals surface area contributed by atoms with E-state index in [2.05, 4.69) is 0 Å². The van der Waals surface area contributed by atoms with E-state index in [0.717, 1.165) is 19.8 Å². The molecule has 0 bridgehead atoms. The molecule has 0 spiro atoms. The smallest absolute Gasteiger partial charge is 0.268 e. The highest BCUT2D eigenvalue weighted by Crippen LogP contribution is 2.20. The molecule has 74 valence electrons. The van der Waals surface area contributed by atoms with E-state index in [1.54, 1.807) is 0 Å². The van der Waals surface area contributed by atoms with Gasteiger partial charge in [-0.3, -0.25) is 0 Å². The van der Waals surface area contributed by atoms with Crippen LogP contribution in [0.15, 0.2) is 0 Å². The van der Waals surface area contributed by atoms with Crippen molar-refractivity contribution in [3.8, 4) is 0 Å². The predicted octanol–water partition coefficient (Wildman–Crippen LogP) is 3.24. The van der Waals surface area contributed by atoms with Gasteiger partial charge in [-0.2, -0.15) is 0 Å². The molecule has 0 unspecified atom stereocenters. The zero-order valence-corrected chi connectivity index (χ0v) is 8.29. The first-order valence-electron chi connectivity index (χ1n) is 4.28. The van der Waals surface area contributed by atoms with Gasteiger partial charge in [0, 0.05) is 6.92 Å². The zero-order valence-electron chi connectivity index (χ0n) is 8.29. The topological polar surface area (TPSA) is 9.23 Å². The number of hydrogen-bond acceptors (Lipinski definition) is 1. The first-order chi connectivity index (χ1) is 5.27. The van der Waals surface area contributed by atoms with E-state index in [1.165, 1.54) is 0 Å². The van der Waals surface area contributed by atoms with E-state index >= 15 is 0 Å². The molecule has 0 aliphatic rings. The lowest BCUT2D eigenvalue weighted by Crippen LogP contribution is -2.30. The Labute approximate surface area is 73.1 Å². The van der Waals surface area contributed by atoms with Crippen LogP contribution in [0, 0.1) is 0 Å². The Morgan fingerprint density at radius 1 is 1.17 bits per heavy atom. The van der Waals surface area contributed by atoms with Gasteiger partial charge in [-0.15, -0.1) is 0 Å². The normalized spacial score (nSPS) is 13.5. The highest BCUT2D eigenvalue weighted by atomic mass is 19.3. The van der Waals surface area contributed by atoms with Gasteiger partial charge in [-0.25, -0.2) is 8.78 Å². The molecule has 0 heterocycles. The second kappa shape index (κ2) is 4.17. The molecular weight excluding hydrogens is 162 g/mol. The summed E-state index contributed by atoms with van der Waals surface area (Å²) in [5, 5.41) is 0. The fraction of sp³-hybridized carbons (Fsp3) is 1.00. The quantitative estimate of drug-likeness (QED) is 0.631. The molecule has 0 amide bonds. The Kier molecular flexibility index (Phi) is 4.11. The van der Waals surface area contributed by atoms with Crippen molar-refractivity contribution in [1.82, 2.24) is 0 Å². The molecular formula is C9H18F2O. The highest BCUT2D eigenvalue weighted by molar-refractivity contribution is 4.69. The van der Waals surface area contributed by atoms with Crippen molar-refractivity contribution in [2.24, 2.45) is 0 Å². The molecule has 0 N–H and O–H groups in total. The van der Waals surface area contributed by atoms with Crippen LogP contribution in [0.4, 0.5) is 8.78 Å². The van der Waals surface area contributed by atoms with Crippen LogP contribution in [0.1, 0.15) is 40.5 Å². The number of halogens is 2. The molecule has 0 saturated heterocycles. The lowest BCUT2D eigenvalue weighted by Gasteiger charge is -2.26. The maximum absolute atomic E-state index is 12.4. The van der Waals surface area contributed by atoms with Gasteiger partial charge in [0.2, 0.25) is 0 Å². The molecule has 12 heavy (non-hydrogen) atoms. The van der Waals surface area contributed by atoms with Crippen LogP contribution < -0.4 is 0 Å². The monoisotopic (exact) mass is 180 g/mol. The Morgan fingerprint density at radius 3 is 2.00 bits per heavy atom. The standard InChI is InChI=1S/C9H18F2O/c1-5-6-8(2,3)12-7-9(4,10)11/h5-7H2,1-4H3. The van der Waals surface area contributed by atoms with Crippen molar-refractivity contribution in [3.05, 3.63) is 0 Å².